The largest absolute Gasteiger partial charge is 0.444 e. The number of carbonyl (C=O) groups excluding carboxylic acids is 2. The van der Waals surface area contributed by atoms with Gasteiger partial charge in [0.05, 0.1) is 12.7 Å². The highest BCUT2D eigenvalue weighted by Gasteiger charge is 2.23. The molecule has 0 unspecified atom stereocenters. The summed E-state index contributed by atoms with van der Waals surface area (Å²) in [5, 5.41) is 3.03. The van der Waals surface area contributed by atoms with E-state index < -0.39 is 0 Å². The molecule has 160 valence electrons. The summed E-state index contributed by atoms with van der Waals surface area (Å²) in [6.45, 7) is 6.83. The van der Waals surface area contributed by atoms with Crippen molar-refractivity contribution < 1.29 is 14.0 Å². The standard InChI is InChI=1S/C24H26N4O3/c1-17-4-3-5-18(2)23(17)26-22(29)15-27-10-12-28(13-11-27)24(30)20-8-6-19(7-9-20)21-14-25-16-31-21/h3-9,14,16H,10-13,15H2,1-2H3,(H,26,29). The number of carbonyl (C=O) groups is 2. The number of aryl methyl sites for hydroxylation is 2. The van der Waals surface area contributed by atoms with Crippen molar-refractivity contribution in [1.29, 1.82) is 0 Å². The van der Waals surface area contributed by atoms with E-state index in [9.17, 15) is 9.59 Å². The number of oxazole rings is 1. The molecule has 1 saturated heterocycles. The zero-order valence-corrected chi connectivity index (χ0v) is 17.8. The molecule has 1 aromatic heterocycles. The first-order valence-corrected chi connectivity index (χ1v) is 10.4. The fraction of sp³-hybridized carbons (Fsp3) is 0.292. The van der Waals surface area contributed by atoms with Gasteiger partial charge in [0.2, 0.25) is 5.91 Å². The second-order valence-electron chi connectivity index (χ2n) is 7.83. The number of nitrogens with zero attached hydrogens (tertiary/aromatic N) is 3. The van der Waals surface area contributed by atoms with Crippen molar-refractivity contribution in [2.24, 2.45) is 0 Å². The van der Waals surface area contributed by atoms with Crippen LogP contribution in [0.1, 0.15) is 21.5 Å². The molecule has 0 saturated carbocycles. The van der Waals surface area contributed by atoms with Gasteiger partial charge >= 0.3 is 0 Å². The first kappa shape index (κ1) is 20.8. The average molecular weight is 418 g/mol. The topological polar surface area (TPSA) is 78.7 Å². The van der Waals surface area contributed by atoms with E-state index >= 15 is 0 Å². The number of aromatic nitrogens is 1. The van der Waals surface area contributed by atoms with Crippen molar-refractivity contribution in [2.75, 3.05) is 38.0 Å². The number of amides is 2. The van der Waals surface area contributed by atoms with Gasteiger partial charge in [0.15, 0.2) is 12.2 Å². The quantitative estimate of drug-likeness (QED) is 0.687. The molecule has 1 fully saturated rings. The predicted octanol–water partition coefficient (Wildman–Crippen LogP) is 3.35. The Morgan fingerprint density at radius 2 is 1.68 bits per heavy atom. The van der Waals surface area contributed by atoms with Crippen LogP contribution < -0.4 is 5.32 Å². The molecule has 3 aromatic rings. The van der Waals surface area contributed by atoms with Gasteiger partial charge in [-0.3, -0.25) is 14.5 Å². The van der Waals surface area contributed by atoms with Crippen LogP contribution in [0.15, 0.2) is 59.5 Å². The predicted molar refractivity (Wildman–Crippen MR) is 119 cm³/mol. The van der Waals surface area contributed by atoms with E-state index in [4.69, 9.17) is 4.42 Å². The third-order valence-electron chi connectivity index (χ3n) is 5.62. The number of nitrogens with one attached hydrogen (secondary N) is 1. The summed E-state index contributed by atoms with van der Waals surface area (Å²) >= 11 is 0. The van der Waals surface area contributed by atoms with Crippen molar-refractivity contribution in [3.05, 3.63) is 71.7 Å². The second kappa shape index (κ2) is 9.14. The molecular weight excluding hydrogens is 392 g/mol. The van der Waals surface area contributed by atoms with Crippen LogP contribution >= 0.6 is 0 Å². The Balaban J connectivity index is 1.29. The molecule has 2 aromatic carbocycles. The van der Waals surface area contributed by atoms with Crippen LogP contribution in [0.4, 0.5) is 5.69 Å². The van der Waals surface area contributed by atoms with Crippen LogP contribution in [0, 0.1) is 13.8 Å². The minimum absolute atomic E-state index is 0.00348. The van der Waals surface area contributed by atoms with Gasteiger partial charge < -0.3 is 14.6 Å². The van der Waals surface area contributed by atoms with Crippen LogP contribution in [0.25, 0.3) is 11.3 Å². The van der Waals surface area contributed by atoms with Crippen LogP contribution in [-0.4, -0.2) is 59.3 Å². The molecule has 31 heavy (non-hydrogen) atoms. The number of rotatable bonds is 5. The smallest absolute Gasteiger partial charge is 0.253 e. The molecule has 7 nitrogen and oxygen atoms in total. The molecule has 0 bridgehead atoms. The maximum atomic E-state index is 12.8. The summed E-state index contributed by atoms with van der Waals surface area (Å²) in [5.41, 5.74) is 4.52. The number of benzene rings is 2. The second-order valence-corrected chi connectivity index (χ2v) is 7.83. The van der Waals surface area contributed by atoms with E-state index in [1.807, 2.05) is 61.2 Å². The zero-order chi connectivity index (χ0) is 21.8. The molecular formula is C24H26N4O3. The van der Waals surface area contributed by atoms with Crippen LogP contribution in [0.2, 0.25) is 0 Å². The molecule has 4 rings (SSSR count). The van der Waals surface area contributed by atoms with E-state index in [2.05, 4.69) is 15.2 Å². The highest BCUT2D eigenvalue weighted by molar-refractivity contribution is 5.95. The van der Waals surface area contributed by atoms with Crippen LogP contribution in [0.3, 0.4) is 0 Å². The van der Waals surface area contributed by atoms with Crippen LogP contribution in [-0.2, 0) is 4.79 Å². The normalized spacial score (nSPS) is 14.5. The Morgan fingerprint density at radius 1 is 1.00 bits per heavy atom. The number of para-hydroxylation sites is 1. The fourth-order valence-corrected chi connectivity index (χ4v) is 3.82. The van der Waals surface area contributed by atoms with E-state index in [-0.39, 0.29) is 11.8 Å². The van der Waals surface area contributed by atoms with E-state index in [0.29, 0.717) is 44.0 Å². The van der Waals surface area contributed by atoms with Gasteiger partial charge in [-0.15, -0.1) is 0 Å². The third kappa shape index (κ3) is 4.83. The van der Waals surface area contributed by atoms with Gasteiger partial charge in [0.1, 0.15) is 0 Å². The van der Waals surface area contributed by atoms with Crippen molar-refractivity contribution in [3.8, 4) is 11.3 Å². The summed E-state index contributed by atoms with van der Waals surface area (Å²) < 4.78 is 5.29. The van der Waals surface area contributed by atoms with Gasteiger partial charge in [-0.2, -0.15) is 0 Å². The van der Waals surface area contributed by atoms with Crippen LogP contribution in [0.5, 0.6) is 0 Å². The number of hydrogen-bond donors (Lipinski definition) is 1. The van der Waals surface area contributed by atoms with Crippen molar-refractivity contribution in [1.82, 2.24) is 14.8 Å². The Kier molecular flexibility index (Phi) is 6.13. The molecule has 0 atom stereocenters. The molecule has 0 spiro atoms. The Labute approximate surface area is 181 Å². The molecule has 2 amide bonds. The number of anilines is 1. The van der Waals surface area contributed by atoms with E-state index in [1.165, 1.54) is 6.39 Å². The summed E-state index contributed by atoms with van der Waals surface area (Å²) in [6.07, 6.45) is 3.03. The maximum absolute atomic E-state index is 12.8. The summed E-state index contributed by atoms with van der Waals surface area (Å²) in [6, 6.07) is 13.3. The maximum Gasteiger partial charge on any atom is 0.253 e. The first-order chi connectivity index (χ1) is 15.0. The van der Waals surface area contributed by atoms with Gasteiger partial charge in [-0.1, -0.05) is 30.3 Å². The molecule has 1 aliphatic heterocycles. The Hall–Kier alpha value is -3.45. The SMILES string of the molecule is Cc1cccc(C)c1NC(=O)CN1CCN(C(=O)c2ccc(-c3cnco3)cc2)CC1. The summed E-state index contributed by atoms with van der Waals surface area (Å²) in [4.78, 5) is 33.2. The van der Waals surface area contributed by atoms with E-state index in [1.54, 1.807) is 6.20 Å². The van der Waals surface area contributed by atoms with Gasteiger partial charge in [0.25, 0.3) is 5.91 Å². The molecule has 1 aliphatic rings. The molecule has 0 aliphatic carbocycles. The third-order valence-corrected chi connectivity index (χ3v) is 5.62. The molecule has 1 N–H and O–H groups in total. The lowest BCUT2D eigenvalue weighted by atomic mass is 10.1. The molecule has 0 radical (unpaired) electrons. The Bertz CT molecular complexity index is 1030. The first-order valence-electron chi connectivity index (χ1n) is 10.4. The molecule has 7 heteroatoms. The zero-order valence-electron chi connectivity index (χ0n) is 17.8. The van der Waals surface area contributed by atoms with Gasteiger partial charge in [-0.05, 0) is 37.1 Å². The molecule has 2 heterocycles. The lowest BCUT2D eigenvalue weighted by Gasteiger charge is -2.34. The van der Waals surface area contributed by atoms with Gasteiger partial charge in [-0.25, -0.2) is 4.98 Å². The summed E-state index contributed by atoms with van der Waals surface area (Å²) in [7, 11) is 0. The number of piperazine rings is 1. The summed E-state index contributed by atoms with van der Waals surface area (Å²) in [5.74, 6) is 0.649. The average Bonchev–Trinajstić information content (AvgIpc) is 3.32. The lowest BCUT2D eigenvalue weighted by molar-refractivity contribution is -0.117. The van der Waals surface area contributed by atoms with Crippen molar-refractivity contribution in [2.45, 2.75) is 13.8 Å². The number of hydrogen-bond acceptors (Lipinski definition) is 5. The Morgan fingerprint density at radius 3 is 2.29 bits per heavy atom. The minimum Gasteiger partial charge on any atom is -0.444 e. The van der Waals surface area contributed by atoms with Gasteiger partial charge in [0, 0.05) is 43.0 Å². The highest BCUT2D eigenvalue weighted by atomic mass is 16.3. The fourth-order valence-electron chi connectivity index (χ4n) is 3.82. The van der Waals surface area contributed by atoms with E-state index in [0.717, 1.165) is 22.4 Å². The monoisotopic (exact) mass is 418 g/mol. The lowest BCUT2D eigenvalue weighted by Crippen LogP contribution is -2.50. The minimum atomic E-state index is -0.0276. The van der Waals surface area contributed by atoms with Crippen molar-refractivity contribution in [3.63, 3.8) is 0 Å². The van der Waals surface area contributed by atoms with Crippen molar-refractivity contribution >= 4 is 17.5 Å². The highest BCUT2D eigenvalue weighted by Crippen LogP contribution is 2.21.